The Labute approximate surface area is 165 Å². The molecule has 1 aromatic carbocycles. The molecule has 2 amide bonds. The summed E-state index contributed by atoms with van der Waals surface area (Å²) in [4.78, 5) is 41.1. The number of nitrogens with zero attached hydrogens (tertiary/aromatic N) is 4. The average molecular weight is 391 g/mol. The maximum atomic E-state index is 12.5. The fraction of sp³-hybridized carbons (Fsp3) is 0.579. The van der Waals surface area contributed by atoms with Crippen molar-refractivity contribution >= 4 is 23.2 Å². The Bertz CT molecular complexity index is 699. The van der Waals surface area contributed by atoms with Crippen molar-refractivity contribution in [2.75, 3.05) is 51.1 Å². The molecule has 1 fully saturated rings. The lowest BCUT2D eigenvalue weighted by molar-refractivity contribution is -0.384. The molecular formula is C19H29N5O4. The first-order valence-corrected chi connectivity index (χ1v) is 9.65. The van der Waals surface area contributed by atoms with Crippen LogP contribution in [0.25, 0.3) is 0 Å². The van der Waals surface area contributed by atoms with E-state index in [0.29, 0.717) is 38.4 Å². The van der Waals surface area contributed by atoms with Crippen LogP contribution in [0.2, 0.25) is 0 Å². The van der Waals surface area contributed by atoms with E-state index in [-0.39, 0.29) is 23.5 Å². The lowest BCUT2D eigenvalue weighted by Gasteiger charge is -2.37. The lowest BCUT2D eigenvalue weighted by Crippen LogP contribution is -2.54. The number of piperazine rings is 1. The zero-order valence-corrected chi connectivity index (χ0v) is 16.8. The van der Waals surface area contributed by atoms with Crippen LogP contribution in [-0.4, -0.2) is 83.3 Å². The van der Waals surface area contributed by atoms with Gasteiger partial charge in [0, 0.05) is 57.1 Å². The third-order valence-corrected chi connectivity index (χ3v) is 5.13. The molecule has 0 aliphatic carbocycles. The molecular weight excluding hydrogens is 362 g/mol. The number of non-ortho nitro benzene ring substituents is 1. The second kappa shape index (κ2) is 10.1. The fourth-order valence-electron chi connectivity index (χ4n) is 3.29. The molecule has 1 N–H and O–H groups in total. The van der Waals surface area contributed by atoms with E-state index in [1.165, 1.54) is 12.1 Å². The van der Waals surface area contributed by atoms with E-state index in [4.69, 9.17) is 0 Å². The average Bonchev–Trinajstić information content (AvgIpc) is 2.69. The normalized spacial score (nSPS) is 16.4. The minimum atomic E-state index is -0.488. The first kappa shape index (κ1) is 21.8. The molecule has 1 atom stereocenters. The van der Waals surface area contributed by atoms with E-state index < -0.39 is 4.92 Å². The van der Waals surface area contributed by atoms with E-state index >= 15 is 0 Å². The molecule has 9 heteroatoms. The smallest absolute Gasteiger partial charge is 0.271 e. The third kappa shape index (κ3) is 5.74. The van der Waals surface area contributed by atoms with E-state index in [0.717, 1.165) is 13.1 Å². The predicted octanol–water partition coefficient (Wildman–Crippen LogP) is 1.41. The van der Waals surface area contributed by atoms with Crippen LogP contribution < -0.4 is 5.32 Å². The Morgan fingerprint density at radius 1 is 1.21 bits per heavy atom. The molecule has 1 unspecified atom stereocenters. The van der Waals surface area contributed by atoms with Gasteiger partial charge in [0.05, 0.1) is 17.5 Å². The van der Waals surface area contributed by atoms with Crippen molar-refractivity contribution < 1.29 is 14.5 Å². The van der Waals surface area contributed by atoms with Crippen LogP contribution in [0.1, 0.15) is 20.8 Å². The zero-order valence-electron chi connectivity index (χ0n) is 16.8. The van der Waals surface area contributed by atoms with Crippen molar-refractivity contribution in [3.63, 3.8) is 0 Å². The molecule has 1 aliphatic rings. The van der Waals surface area contributed by atoms with Crippen LogP contribution >= 0.6 is 0 Å². The zero-order chi connectivity index (χ0) is 20.7. The molecule has 1 saturated heterocycles. The standard InChI is InChI=1S/C19H29N5O4/c1-4-22(5-2)18(25)14-21-9-11-23(12-10-21)15(3)19(26)20-16-7-6-8-17(13-16)24(27)28/h6-8,13,15H,4-5,9-12,14H2,1-3H3,(H,20,26). The monoisotopic (exact) mass is 391 g/mol. The minimum absolute atomic E-state index is 0.0584. The summed E-state index contributed by atoms with van der Waals surface area (Å²) in [5.41, 5.74) is 0.353. The highest BCUT2D eigenvalue weighted by atomic mass is 16.6. The van der Waals surface area contributed by atoms with E-state index in [2.05, 4.69) is 15.1 Å². The molecule has 1 heterocycles. The number of benzene rings is 1. The number of rotatable bonds is 8. The Hall–Kier alpha value is -2.52. The van der Waals surface area contributed by atoms with Gasteiger partial charge in [-0.15, -0.1) is 0 Å². The van der Waals surface area contributed by atoms with Crippen LogP contribution in [-0.2, 0) is 9.59 Å². The molecule has 0 aromatic heterocycles. The summed E-state index contributed by atoms with van der Waals surface area (Å²) in [7, 11) is 0. The van der Waals surface area contributed by atoms with Crippen molar-refractivity contribution in [3.8, 4) is 0 Å². The summed E-state index contributed by atoms with van der Waals surface area (Å²) in [6, 6.07) is 5.55. The highest BCUT2D eigenvalue weighted by molar-refractivity contribution is 5.94. The van der Waals surface area contributed by atoms with Gasteiger partial charge in [-0.2, -0.15) is 0 Å². The molecule has 0 bridgehead atoms. The van der Waals surface area contributed by atoms with Crippen molar-refractivity contribution in [3.05, 3.63) is 34.4 Å². The van der Waals surface area contributed by atoms with Crippen molar-refractivity contribution in [2.45, 2.75) is 26.8 Å². The summed E-state index contributed by atoms with van der Waals surface area (Å²) < 4.78 is 0. The van der Waals surface area contributed by atoms with Gasteiger partial charge in [-0.3, -0.25) is 29.5 Å². The minimum Gasteiger partial charge on any atom is -0.342 e. The van der Waals surface area contributed by atoms with Crippen LogP contribution in [0.15, 0.2) is 24.3 Å². The Balaban J connectivity index is 1.85. The first-order valence-electron chi connectivity index (χ1n) is 9.65. The second-order valence-corrected chi connectivity index (χ2v) is 6.85. The van der Waals surface area contributed by atoms with Gasteiger partial charge in [-0.05, 0) is 26.8 Å². The summed E-state index contributed by atoms with van der Waals surface area (Å²) in [5, 5.41) is 13.6. The van der Waals surface area contributed by atoms with Crippen LogP contribution in [0.3, 0.4) is 0 Å². The molecule has 0 spiro atoms. The van der Waals surface area contributed by atoms with Crippen LogP contribution in [0, 0.1) is 10.1 Å². The lowest BCUT2D eigenvalue weighted by atomic mass is 10.2. The number of carbonyl (C=O) groups excluding carboxylic acids is 2. The van der Waals surface area contributed by atoms with E-state index in [1.54, 1.807) is 12.1 Å². The number of carbonyl (C=O) groups is 2. The Morgan fingerprint density at radius 3 is 2.43 bits per heavy atom. The number of nitro groups is 1. The van der Waals surface area contributed by atoms with Gasteiger partial charge >= 0.3 is 0 Å². The maximum Gasteiger partial charge on any atom is 0.271 e. The first-order chi connectivity index (χ1) is 13.3. The number of nitro benzene ring substituents is 1. The maximum absolute atomic E-state index is 12.5. The number of likely N-dealkylation sites (N-methyl/N-ethyl adjacent to an activating group) is 1. The molecule has 28 heavy (non-hydrogen) atoms. The summed E-state index contributed by atoms with van der Waals surface area (Å²) in [5.74, 6) is -0.0666. The second-order valence-electron chi connectivity index (χ2n) is 6.85. The quantitative estimate of drug-likeness (QED) is 0.531. The number of nitrogens with one attached hydrogen (secondary N) is 1. The van der Waals surface area contributed by atoms with E-state index in [1.807, 2.05) is 25.7 Å². The summed E-state index contributed by atoms with van der Waals surface area (Å²) >= 11 is 0. The van der Waals surface area contributed by atoms with Crippen LogP contribution in [0.5, 0.6) is 0 Å². The van der Waals surface area contributed by atoms with Crippen molar-refractivity contribution in [1.82, 2.24) is 14.7 Å². The van der Waals surface area contributed by atoms with Gasteiger partial charge in [-0.25, -0.2) is 0 Å². The Morgan fingerprint density at radius 2 is 1.86 bits per heavy atom. The summed E-state index contributed by atoms with van der Waals surface area (Å²) in [6.45, 7) is 10.4. The molecule has 2 rings (SSSR count). The molecule has 154 valence electrons. The van der Waals surface area contributed by atoms with Gasteiger partial charge in [0.15, 0.2) is 0 Å². The molecule has 0 radical (unpaired) electrons. The summed E-state index contributed by atoms with van der Waals surface area (Å²) in [6.07, 6.45) is 0. The molecule has 1 aromatic rings. The number of hydrogen-bond donors (Lipinski definition) is 1. The highest BCUT2D eigenvalue weighted by Crippen LogP contribution is 2.18. The predicted molar refractivity (Wildman–Crippen MR) is 107 cm³/mol. The van der Waals surface area contributed by atoms with Gasteiger partial charge in [0.2, 0.25) is 11.8 Å². The number of amides is 2. The molecule has 9 nitrogen and oxygen atoms in total. The molecule has 0 saturated carbocycles. The van der Waals surface area contributed by atoms with Crippen molar-refractivity contribution in [2.24, 2.45) is 0 Å². The van der Waals surface area contributed by atoms with Gasteiger partial charge in [0.25, 0.3) is 5.69 Å². The van der Waals surface area contributed by atoms with E-state index in [9.17, 15) is 19.7 Å². The van der Waals surface area contributed by atoms with Gasteiger partial charge in [0.1, 0.15) is 0 Å². The van der Waals surface area contributed by atoms with Gasteiger partial charge in [-0.1, -0.05) is 6.07 Å². The SMILES string of the molecule is CCN(CC)C(=O)CN1CCN(C(C)C(=O)Nc2cccc([N+](=O)[O-])c2)CC1. The largest absolute Gasteiger partial charge is 0.342 e. The molecule has 1 aliphatic heterocycles. The van der Waals surface area contributed by atoms with Crippen molar-refractivity contribution in [1.29, 1.82) is 0 Å². The van der Waals surface area contributed by atoms with Crippen LogP contribution in [0.4, 0.5) is 11.4 Å². The van der Waals surface area contributed by atoms with Gasteiger partial charge < -0.3 is 10.2 Å². The Kier molecular flexibility index (Phi) is 7.89. The highest BCUT2D eigenvalue weighted by Gasteiger charge is 2.27. The number of hydrogen-bond acceptors (Lipinski definition) is 6. The fourth-order valence-corrected chi connectivity index (χ4v) is 3.29. The third-order valence-electron chi connectivity index (χ3n) is 5.13. The topological polar surface area (TPSA) is 99.0 Å². The number of anilines is 1.